The normalized spacial score (nSPS) is 11.7. The molecule has 1 aromatic carbocycles. The minimum Gasteiger partial charge on any atom is -0.748 e. The molecule has 1 aromatic heterocycles. The molecule has 0 atom stereocenters. The molecule has 0 bridgehead atoms. The lowest BCUT2D eigenvalue weighted by Crippen LogP contribution is -2.30. The van der Waals surface area contributed by atoms with Gasteiger partial charge in [-0.2, -0.15) is 0 Å². The molecule has 0 N–H and O–H groups in total. The van der Waals surface area contributed by atoms with Crippen molar-refractivity contribution in [2.45, 2.75) is 64.5 Å². The van der Waals surface area contributed by atoms with Gasteiger partial charge in [0.25, 0.3) is 0 Å². The first-order valence-electron chi connectivity index (χ1n) is 9.55. The Morgan fingerprint density at radius 1 is 0.923 bits per heavy atom. The van der Waals surface area contributed by atoms with E-state index in [0.29, 0.717) is 12.8 Å². The summed E-state index contributed by atoms with van der Waals surface area (Å²) < 4.78 is 35.9. The fourth-order valence-electron chi connectivity index (χ4n) is 3.08. The van der Waals surface area contributed by atoms with Crippen molar-refractivity contribution in [3.63, 3.8) is 0 Å². The predicted molar refractivity (Wildman–Crippen MR) is 102 cm³/mol. The quantitative estimate of drug-likeness (QED) is 0.305. The smallest absolute Gasteiger partial charge is 0.243 e. The van der Waals surface area contributed by atoms with Gasteiger partial charge >= 0.3 is 0 Å². The molecule has 0 spiro atoms. The summed E-state index contributed by atoms with van der Waals surface area (Å²) in [4.78, 5) is 0. The third kappa shape index (κ3) is 9.15. The zero-order valence-electron chi connectivity index (χ0n) is 15.4. The van der Waals surface area contributed by atoms with Crippen LogP contribution in [0.15, 0.2) is 49.1 Å². The summed E-state index contributed by atoms with van der Waals surface area (Å²) in [7, 11) is -4.08. The molecule has 0 aliphatic rings. The van der Waals surface area contributed by atoms with Crippen molar-refractivity contribution in [3.05, 3.63) is 54.6 Å². The van der Waals surface area contributed by atoms with Crippen LogP contribution in [0.1, 0.15) is 50.5 Å². The van der Waals surface area contributed by atoms with E-state index >= 15 is 0 Å². The van der Waals surface area contributed by atoms with Gasteiger partial charge < -0.3 is 4.55 Å². The zero-order valence-corrected chi connectivity index (χ0v) is 16.2. The van der Waals surface area contributed by atoms with E-state index in [1.807, 2.05) is 6.20 Å². The Bertz CT molecular complexity index is 727. The van der Waals surface area contributed by atoms with Crippen molar-refractivity contribution >= 4 is 10.1 Å². The number of hydrogen-bond acceptors (Lipinski definition) is 3. The lowest BCUT2D eigenvalue weighted by molar-refractivity contribution is -0.696. The van der Waals surface area contributed by atoms with Crippen LogP contribution in [0.2, 0.25) is 0 Å². The Hall–Kier alpha value is -1.66. The number of unbranched alkanes of at least 4 members (excludes halogenated alkanes) is 5. The van der Waals surface area contributed by atoms with Crippen LogP contribution in [0.25, 0.3) is 0 Å². The van der Waals surface area contributed by atoms with Crippen LogP contribution in [0.3, 0.4) is 0 Å². The van der Waals surface area contributed by atoms with Crippen LogP contribution in [0.5, 0.6) is 0 Å². The molecule has 6 heteroatoms. The van der Waals surface area contributed by atoms with E-state index < -0.39 is 10.1 Å². The average Bonchev–Trinajstić information content (AvgIpc) is 3.06. The van der Waals surface area contributed by atoms with Crippen LogP contribution in [0, 0.1) is 0 Å². The summed E-state index contributed by atoms with van der Waals surface area (Å²) >= 11 is 0. The molecule has 26 heavy (non-hydrogen) atoms. The molecule has 1 heterocycles. The molecular weight excluding hydrogens is 348 g/mol. The number of imidazole rings is 1. The highest BCUT2D eigenvalue weighted by Gasteiger charge is 2.04. The van der Waals surface area contributed by atoms with Crippen molar-refractivity contribution in [1.29, 1.82) is 0 Å². The number of aryl methyl sites for hydroxylation is 3. The van der Waals surface area contributed by atoms with Gasteiger partial charge in [0.1, 0.15) is 12.4 Å². The Labute approximate surface area is 157 Å². The third-order valence-electron chi connectivity index (χ3n) is 4.53. The molecular formula is C20H30N2O3S. The van der Waals surface area contributed by atoms with E-state index in [9.17, 15) is 13.0 Å². The first-order chi connectivity index (χ1) is 12.5. The number of hydrogen-bond donors (Lipinski definition) is 0. The van der Waals surface area contributed by atoms with Crippen LogP contribution < -0.4 is 4.57 Å². The molecule has 0 aliphatic carbocycles. The molecule has 2 rings (SSSR count). The second kappa shape index (κ2) is 11.1. The van der Waals surface area contributed by atoms with Crippen molar-refractivity contribution < 1.29 is 17.5 Å². The molecule has 0 radical (unpaired) electrons. The van der Waals surface area contributed by atoms with E-state index in [2.05, 4.69) is 52.0 Å². The Morgan fingerprint density at radius 2 is 1.65 bits per heavy atom. The summed E-state index contributed by atoms with van der Waals surface area (Å²) in [5, 5.41) is 0. The van der Waals surface area contributed by atoms with E-state index in [1.54, 1.807) is 0 Å². The third-order valence-corrected chi connectivity index (χ3v) is 5.32. The minimum absolute atomic E-state index is 0.265. The fourth-order valence-corrected chi connectivity index (χ4v) is 3.63. The molecule has 0 aliphatic heterocycles. The average molecular weight is 379 g/mol. The van der Waals surface area contributed by atoms with E-state index in [-0.39, 0.29) is 5.75 Å². The molecule has 5 nitrogen and oxygen atoms in total. The molecule has 0 amide bonds. The topological polar surface area (TPSA) is 66.0 Å². The Kier molecular flexibility index (Phi) is 8.85. The maximum atomic E-state index is 10.6. The highest BCUT2D eigenvalue weighted by atomic mass is 32.2. The number of aromatic nitrogens is 2. The maximum absolute atomic E-state index is 10.6. The number of nitrogens with zero attached hydrogens (tertiary/aromatic N) is 2. The van der Waals surface area contributed by atoms with Crippen LogP contribution in [-0.4, -0.2) is 23.3 Å². The molecule has 0 unspecified atom stereocenters. The highest BCUT2D eigenvalue weighted by Crippen LogP contribution is 2.08. The number of rotatable bonds is 13. The van der Waals surface area contributed by atoms with Gasteiger partial charge in [0, 0.05) is 5.75 Å². The first kappa shape index (κ1) is 20.6. The van der Waals surface area contributed by atoms with Gasteiger partial charge in [0.05, 0.1) is 23.2 Å². The fraction of sp³-hybridized carbons (Fsp3) is 0.550. The predicted octanol–water partition coefficient (Wildman–Crippen LogP) is 3.29. The van der Waals surface area contributed by atoms with Gasteiger partial charge in [0.2, 0.25) is 6.33 Å². The van der Waals surface area contributed by atoms with E-state index in [1.165, 1.54) is 44.1 Å². The van der Waals surface area contributed by atoms with Crippen molar-refractivity contribution in [1.82, 2.24) is 4.57 Å². The summed E-state index contributed by atoms with van der Waals surface area (Å²) in [5.41, 5.74) is 1.43. The lowest BCUT2D eigenvalue weighted by Gasteiger charge is -2.04. The van der Waals surface area contributed by atoms with E-state index in [4.69, 9.17) is 0 Å². The Morgan fingerprint density at radius 3 is 2.42 bits per heavy atom. The maximum Gasteiger partial charge on any atom is 0.243 e. The lowest BCUT2D eigenvalue weighted by atomic mass is 10.1. The standard InChI is InChI=1S/C20H30N2O3S/c23-26(24,25)18-10-9-15-22-17-16-21(19-22)14-8-3-1-2-5-11-20-12-6-4-7-13-20/h4,6-7,12-13,16-17,19H,1-3,5,8-11,14-15,18H2. The summed E-state index contributed by atoms with van der Waals surface area (Å²) in [6.07, 6.45) is 14.7. The van der Waals surface area contributed by atoms with Gasteiger partial charge in [-0.05, 0) is 44.1 Å². The second-order valence-corrected chi connectivity index (χ2v) is 8.39. The van der Waals surface area contributed by atoms with Gasteiger partial charge in [-0.1, -0.05) is 43.2 Å². The van der Waals surface area contributed by atoms with Crippen molar-refractivity contribution in [2.75, 3.05) is 5.75 Å². The van der Waals surface area contributed by atoms with Gasteiger partial charge in [-0.25, -0.2) is 17.6 Å². The van der Waals surface area contributed by atoms with Crippen molar-refractivity contribution in [3.8, 4) is 0 Å². The molecule has 2 aromatic rings. The summed E-state index contributed by atoms with van der Waals surface area (Å²) in [6, 6.07) is 10.7. The van der Waals surface area contributed by atoms with Gasteiger partial charge in [-0.3, -0.25) is 0 Å². The van der Waals surface area contributed by atoms with Gasteiger partial charge in [-0.15, -0.1) is 0 Å². The van der Waals surface area contributed by atoms with E-state index in [0.717, 1.165) is 13.1 Å². The SMILES string of the molecule is O=S(=O)([O-])CCCCn1cc[n+](CCCCCCCc2ccccc2)c1. The van der Waals surface area contributed by atoms with Crippen LogP contribution in [0.4, 0.5) is 0 Å². The Balaban J connectivity index is 1.50. The monoisotopic (exact) mass is 378 g/mol. The van der Waals surface area contributed by atoms with Gasteiger partial charge in [0.15, 0.2) is 0 Å². The molecule has 0 saturated heterocycles. The second-order valence-electron chi connectivity index (χ2n) is 6.86. The first-order valence-corrected chi connectivity index (χ1v) is 11.1. The summed E-state index contributed by atoms with van der Waals surface area (Å²) in [5.74, 6) is -0.265. The van der Waals surface area contributed by atoms with Crippen LogP contribution in [-0.2, 0) is 29.6 Å². The zero-order chi connectivity index (χ0) is 18.7. The largest absolute Gasteiger partial charge is 0.748 e. The molecule has 144 valence electrons. The minimum atomic E-state index is -4.08. The highest BCUT2D eigenvalue weighted by molar-refractivity contribution is 7.85. The van der Waals surface area contributed by atoms with Crippen molar-refractivity contribution in [2.24, 2.45) is 0 Å². The van der Waals surface area contributed by atoms with Crippen LogP contribution >= 0.6 is 0 Å². The molecule has 0 fully saturated rings. The summed E-state index contributed by atoms with van der Waals surface area (Å²) in [6.45, 7) is 1.77. The number of benzene rings is 1. The molecule has 0 saturated carbocycles.